The molecule has 2 heterocycles. The van der Waals surface area contributed by atoms with Crippen molar-refractivity contribution in [2.45, 2.75) is 31.7 Å². The summed E-state index contributed by atoms with van der Waals surface area (Å²) in [5.74, 6) is 2.12. The lowest BCUT2D eigenvalue weighted by molar-refractivity contribution is 0.164. The monoisotopic (exact) mass is 323 g/mol. The number of nitrogens with zero attached hydrogens (tertiary/aromatic N) is 5. The number of rotatable bonds is 4. The molecule has 1 aromatic carbocycles. The zero-order valence-corrected chi connectivity index (χ0v) is 13.9. The third kappa shape index (κ3) is 2.87. The highest BCUT2D eigenvalue weighted by atomic mass is 16.5. The third-order valence-corrected chi connectivity index (χ3v) is 4.98. The fourth-order valence-electron chi connectivity index (χ4n) is 3.27. The highest BCUT2D eigenvalue weighted by Crippen LogP contribution is 2.38. The molecule has 1 aromatic heterocycles. The standard InChI is InChI=1S/C18H21N5O/c1-13(18-20-17(21-24-18)14-6-7-14)22-8-10-23(11-9-22)16-5-3-2-4-15(16)12-19/h2-5,13-14H,6-11H2,1H3/t13-/m1/s1. The van der Waals surface area contributed by atoms with E-state index < -0.39 is 0 Å². The largest absolute Gasteiger partial charge is 0.368 e. The average molecular weight is 323 g/mol. The summed E-state index contributed by atoms with van der Waals surface area (Å²) in [6.45, 7) is 5.76. The van der Waals surface area contributed by atoms with Crippen LogP contribution in [-0.2, 0) is 0 Å². The van der Waals surface area contributed by atoms with E-state index in [1.165, 1.54) is 12.8 Å². The van der Waals surface area contributed by atoms with Gasteiger partial charge in [-0.25, -0.2) is 0 Å². The van der Waals surface area contributed by atoms with Gasteiger partial charge in [-0.1, -0.05) is 17.3 Å². The Morgan fingerprint density at radius 2 is 1.96 bits per heavy atom. The number of nitriles is 1. The van der Waals surface area contributed by atoms with Crippen LogP contribution >= 0.6 is 0 Å². The molecule has 1 aliphatic heterocycles. The fourth-order valence-corrected chi connectivity index (χ4v) is 3.27. The Balaban J connectivity index is 1.41. The van der Waals surface area contributed by atoms with Gasteiger partial charge in [-0.2, -0.15) is 10.2 Å². The molecule has 2 fully saturated rings. The van der Waals surface area contributed by atoms with Crippen LogP contribution in [0.2, 0.25) is 0 Å². The molecule has 24 heavy (non-hydrogen) atoms. The van der Waals surface area contributed by atoms with Crippen LogP contribution in [-0.4, -0.2) is 41.2 Å². The zero-order valence-electron chi connectivity index (χ0n) is 13.9. The summed E-state index contributed by atoms with van der Waals surface area (Å²) in [4.78, 5) is 9.23. The molecule has 1 atom stereocenters. The van der Waals surface area contributed by atoms with Crippen LogP contribution < -0.4 is 4.90 Å². The average Bonchev–Trinajstić information content (AvgIpc) is 3.38. The minimum absolute atomic E-state index is 0.137. The second-order valence-electron chi connectivity index (χ2n) is 6.59. The molecule has 0 spiro atoms. The van der Waals surface area contributed by atoms with E-state index >= 15 is 0 Å². The van der Waals surface area contributed by atoms with Gasteiger partial charge in [-0.3, -0.25) is 4.90 Å². The van der Waals surface area contributed by atoms with Gasteiger partial charge in [0.15, 0.2) is 5.82 Å². The van der Waals surface area contributed by atoms with Crippen molar-refractivity contribution in [1.82, 2.24) is 15.0 Å². The molecular weight excluding hydrogens is 302 g/mol. The van der Waals surface area contributed by atoms with Crippen molar-refractivity contribution in [2.75, 3.05) is 31.1 Å². The van der Waals surface area contributed by atoms with Crippen molar-refractivity contribution in [3.8, 4) is 6.07 Å². The van der Waals surface area contributed by atoms with Crippen LogP contribution in [0.25, 0.3) is 0 Å². The molecule has 4 rings (SSSR count). The van der Waals surface area contributed by atoms with Crippen LogP contribution in [0.5, 0.6) is 0 Å². The first-order chi connectivity index (χ1) is 11.8. The number of aromatic nitrogens is 2. The zero-order chi connectivity index (χ0) is 16.5. The summed E-state index contributed by atoms with van der Waals surface area (Å²) in [6.07, 6.45) is 2.37. The van der Waals surface area contributed by atoms with Gasteiger partial charge in [0, 0.05) is 32.1 Å². The van der Waals surface area contributed by atoms with Crippen molar-refractivity contribution >= 4 is 5.69 Å². The smallest absolute Gasteiger partial charge is 0.243 e. The number of hydrogen-bond donors (Lipinski definition) is 0. The number of para-hydroxylation sites is 1. The lowest BCUT2D eigenvalue weighted by Crippen LogP contribution is -2.47. The molecule has 124 valence electrons. The lowest BCUT2D eigenvalue weighted by atomic mass is 10.1. The van der Waals surface area contributed by atoms with Crippen molar-refractivity contribution in [2.24, 2.45) is 0 Å². The maximum absolute atomic E-state index is 9.28. The molecule has 0 bridgehead atoms. The lowest BCUT2D eigenvalue weighted by Gasteiger charge is -2.38. The molecule has 2 aliphatic rings. The molecule has 6 nitrogen and oxygen atoms in total. The molecule has 6 heteroatoms. The summed E-state index contributed by atoms with van der Waals surface area (Å²) in [7, 11) is 0. The molecule has 0 N–H and O–H groups in total. The van der Waals surface area contributed by atoms with Crippen LogP contribution in [0.3, 0.4) is 0 Å². The molecule has 0 radical (unpaired) electrons. The van der Waals surface area contributed by atoms with Crippen molar-refractivity contribution in [3.05, 3.63) is 41.5 Å². The second-order valence-corrected chi connectivity index (χ2v) is 6.59. The molecule has 0 unspecified atom stereocenters. The molecule has 1 saturated carbocycles. The van der Waals surface area contributed by atoms with Gasteiger partial charge >= 0.3 is 0 Å². The van der Waals surface area contributed by atoms with Crippen LogP contribution in [0.1, 0.15) is 49.0 Å². The second kappa shape index (κ2) is 6.25. The van der Waals surface area contributed by atoms with Crippen LogP contribution in [0, 0.1) is 11.3 Å². The maximum Gasteiger partial charge on any atom is 0.243 e. The van der Waals surface area contributed by atoms with Gasteiger partial charge in [-0.15, -0.1) is 0 Å². The normalized spacial score (nSPS) is 19.9. The van der Waals surface area contributed by atoms with Gasteiger partial charge < -0.3 is 9.42 Å². The Bertz CT molecular complexity index is 753. The van der Waals surface area contributed by atoms with E-state index in [0.717, 1.165) is 49.1 Å². The van der Waals surface area contributed by atoms with E-state index in [1.807, 2.05) is 24.3 Å². The Hall–Kier alpha value is -2.39. The van der Waals surface area contributed by atoms with E-state index in [1.54, 1.807) is 0 Å². The van der Waals surface area contributed by atoms with Gasteiger partial charge in [0.25, 0.3) is 0 Å². The summed E-state index contributed by atoms with van der Waals surface area (Å²) in [5, 5.41) is 13.4. The van der Waals surface area contributed by atoms with E-state index in [9.17, 15) is 5.26 Å². The van der Waals surface area contributed by atoms with Crippen molar-refractivity contribution < 1.29 is 4.52 Å². The number of piperazine rings is 1. The highest BCUT2D eigenvalue weighted by molar-refractivity contribution is 5.59. The first-order valence-corrected chi connectivity index (χ1v) is 8.58. The minimum atomic E-state index is 0.137. The highest BCUT2D eigenvalue weighted by Gasteiger charge is 2.31. The minimum Gasteiger partial charge on any atom is -0.368 e. The Labute approximate surface area is 141 Å². The third-order valence-electron chi connectivity index (χ3n) is 4.98. The fraction of sp³-hybridized carbons (Fsp3) is 0.500. The van der Waals surface area contributed by atoms with Crippen LogP contribution in [0.15, 0.2) is 28.8 Å². The molecule has 0 amide bonds. The van der Waals surface area contributed by atoms with E-state index in [-0.39, 0.29) is 6.04 Å². The summed E-state index contributed by atoms with van der Waals surface area (Å²) in [5.41, 5.74) is 1.77. The van der Waals surface area contributed by atoms with Crippen molar-refractivity contribution in [1.29, 1.82) is 5.26 Å². The van der Waals surface area contributed by atoms with Gasteiger partial charge in [0.2, 0.25) is 5.89 Å². The van der Waals surface area contributed by atoms with E-state index in [0.29, 0.717) is 5.92 Å². The molecular formula is C18H21N5O. The topological polar surface area (TPSA) is 69.2 Å². The first kappa shape index (κ1) is 15.2. The van der Waals surface area contributed by atoms with E-state index in [2.05, 4.69) is 32.9 Å². The summed E-state index contributed by atoms with van der Waals surface area (Å²) >= 11 is 0. The molecule has 2 aromatic rings. The predicted molar refractivity (Wildman–Crippen MR) is 89.6 cm³/mol. The first-order valence-electron chi connectivity index (χ1n) is 8.58. The van der Waals surface area contributed by atoms with Crippen LogP contribution in [0.4, 0.5) is 5.69 Å². The maximum atomic E-state index is 9.28. The summed E-state index contributed by atoms with van der Waals surface area (Å²) < 4.78 is 5.47. The predicted octanol–water partition coefficient (Wildman–Crippen LogP) is 2.70. The molecule has 1 aliphatic carbocycles. The number of hydrogen-bond acceptors (Lipinski definition) is 6. The van der Waals surface area contributed by atoms with E-state index in [4.69, 9.17) is 4.52 Å². The summed E-state index contributed by atoms with van der Waals surface area (Å²) in [6, 6.07) is 10.2. The van der Waals surface area contributed by atoms with Gasteiger partial charge in [-0.05, 0) is 31.9 Å². The van der Waals surface area contributed by atoms with Gasteiger partial charge in [0.05, 0.1) is 17.3 Å². The number of anilines is 1. The quantitative estimate of drug-likeness (QED) is 0.861. The van der Waals surface area contributed by atoms with Gasteiger partial charge in [0.1, 0.15) is 6.07 Å². The number of benzene rings is 1. The Morgan fingerprint density at radius 1 is 1.21 bits per heavy atom. The Morgan fingerprint density at radius 3 is 2.67 bits per heavy atom. The Kier molecular flexibility index (Phi) is 3.95. The van der Waals surface area contributed by atoms with Crippen molar-refractivity contribution in [3.63, 3.8) is 0 Å². The SMILES string of the molecule is C[C@H](c1nc(C2CC2)no1)N1CCN(c2ccccc2C#N)CC1. The molecule has 1 saturated heterocycles.